The van der Waals surface area contributed by atoms with Gasteiger partial charge in [-0.25, -0.2) is 0 Å². The summed E-state index contributed by atoms with van der Waals surface area (Å²) in [5.74, 6) is 0. The first-order valence-corrected chi connectivity index (χ1v) is 7.19. The highest BCUT2D eigenvalue weighted by Crippen LogP contribution is 2.27. The second-order valence-electron chi connectivity index (χ2n) is 4.58. The summed E-state index contributed by atoms with van der Waals surface area (Å²) in [7, 11) is 0. The highest BCUT2D eigenvalue weighted by atomic mass is 35.5. The second kappa shape index (κ2) is 6.53. The van der Waals surface area contributed by atoms with Crippen LogP contribution in [0.3, 0.4) is 0 Å². The summed E-state index contributed by atoms with van der Waals surface area (Å²) in [6.07, 6.45) is 0. The van der Waals surface area contributed by atoms with E-state index in [9.17, 15) is 0 Å². The molecule has 2 aromatic rings. The topological polar surface area (TPSA) is 41.3 Å². The van der Waals surface area contributed by atoms with Gasteiger partial charge in [-0.1, -0.05) is 11.6 Å². The normalized spacial score (nSPS) is 10.3. The lowest BCUT2D eigenvalue weighted by molar-refractivity contribution is 0.866. The Kier molecular flexibility index (Phi) is 4.74. The van der Waals surface area contributed by atoms with Crippen LogP contribution in [0.5, 0.6) is 0 Å². The van der Waals surface area contributed by atoms with Crippen molar-refractivity contribution in [2.24, 2.45) is 0 Å². The lowest BCUT2D eigenvalue weighted by Gasteiger charge is -2.21. The van der Waals surface area contributed by atoms with Gasteiger partial charge >= 0.3 is 0 Å². The number of rotatable bonds is 5. The van der Waals surface area contributed by atoms with Gasteiger partial charge in [-0.05, 0) is 56.3 Å². The van der Waals surface area contributed by atoms with Crippen LogP contribution in [0, 0.1) is 0 Å². The minimum absolute atomic E-state index is 0.643. The van der Waals surface area contributed by atoms with Crippen LogP contribution in [0.4, 0.5) is 22.7 Å². The molecule has 0 unspecified atom stereocenters. The molecule has 106 valence electrons. The minimum atomic E-state index is 0.643. The average molecular weight is 290 g/mol. The Morgan fingerprint density at radius 2 is 1.70 bits per heavy atom. The molecular weight excluding hydrogens is 270 g/mol. The number of hydrogen-bond acceptors (Lipinski definition) is 3. The van der Waals surface area contributed by atoms with E-state index in [-0.39, 0.29) is 0 Å². The standard InChI is InChI=1S/C16H20ClN3/c1-3-20(4-2)14-8-6-13(7-9-14)19-16-10-5-12(17)11-15(16)18/h5-11,19H,3-4,18H2,1-2H3. The number of nitrogens with one attached hydrogen (secondary N) is 1. The minimum Gasteiger partial charge on any atom is -0.397 e. The van der Waals surface area contributed by atoms with Crippen molar-refractivity contribution < 1.29 is 0 Å². The van der Waals surface area contributed by atoms with Gasteiger partial charge in [-0.3, -0.25) is 0 Å². The van der Waals surface area contributed by atoms with Crippen molar-refractivity contribution in [3.8, 4) is 0 Å². The number of benzene rings is 2. The van der Waals surface area contributed by atoms with E-state index in [1.54, 1.807) is 6.07 Å². The van der Waals surface area contributed by atoms with E-state index in [2.05, 4.69) is 48.3 Å². The van der Waals surface area contributed by atoms with Gasteiger partial charge in [0.15, 0.2) is 0 Å². The maximum absolute atomic E-state index is 5.94. The van der Waals surface area contributed by atoms with Gasteiger partial charge in [0.1, 0.15) is 0 Å². The van der Waals surface area contributed by atoms with Crippen molar-refractivity contribution in [1.29, 1.82) is 0 Å². The van der Waals surface area contributed by atoms with Crippen LogP contribution in [-0.2, 0) is 0 Å². The summed E-state index contributed by atoms with van der Waals surface area (Å²) in [6.45, 7) is 6.33. The Labute approximate surface area is 125 Å². The lowest BCUT2D eigenvalue weighted by atomic mass is 10.2. The number of nitrogens with zero attached hydrogens (tertiary/aromatic N) is 1. The number of halogens is 1. The Morgan fingerprint density at radius 1 is 1.05 bits per heavy atom. The van der Waals surface area contributed by atoms with E-state index in [0.717, 1.165) is 24.5 Å². The molecule has 2 aromatic carbocycles. The predicted molar refractivity (Wildman–Crippen MR) is 89.2 cm³/mol. The van der Waals surface area contributed by atoms with E-state index in [1.165, 1.54) is 5.69 Å². The molecule has 0 spiro atoms. The van der Waals surface area contributed by atoms with E-state index in [1.807, 2.05) is 12.1 Å². The molecule has 0 heterocycles. The van der Waals surface area contributed by atoms with Crippen LogP contribution < -0.4 is 16.0 Å². The third-order valence-electron chi connectivity index (χ3n) is 3.29. The SMILES string of the molecule is CCN(CC)c1ccc(Nc2ccc(Cl)cc2N)cc1. The number of nitrogen functional groups attached to an aromatic ring is 1. The summed E-state index contributed by atoms with van der Waals surface area (Å²) in [4.78, 5) is 2.31. The lowest BCUT2D eigenvalue weighted by Crippen LogP contribution is -2.21. The zero-order valence-corrected chi connectivity index (χ0v) is 12.6. The molecule has 0 aromatic heterocycles. The zero-order valence-electron chi connectivity index (χ0n) is 11.9. The number of anilines is 4. The summed E-state index contributed by atoms with van der Waals surface area (Å²) < 4.78 is 0. The Morgan fingerprint density at radius 3 is 2.25 bits per heavy atom. The molecule has 0 radical (unpaired) electrons. The van der Waals surface area contributed by atoms with Crippen molar-refractivity contribution in [2.45, 2.75) is 13.8 Å². The van der Waals surface area contributed by atoms with Crippen molar-refractivity contribution in [3.63, 3.8) is 0 Å². The molecule has 2 rings (SSSR count). The molecule has 20 heavy (non-hydrogen) atoms. The van der Waals surface area contributed by atoms with E-state index >= 15 is 0 Å². The van der Waals surface area contributed by atoms with Crippen LogP contribution >= 0.6 is 11.6 Å². The molecule has 0 saturated carbocycles. The molecule has 0 aliphatic carbocycles. The van der Waals surface area contributed by atoms with Crippen molar-refractivity contribution in [2.75, 3.05) is 29.0 Å². The fraction of sp³-hybridized carbons (Fsp3) is 0.250. The number of nitrogens with two attached hydrogens (primary N) is 1. The van der Waals surface area contributed by atoms with E-state index < -0.39 is 0 Å². The van der Waals surface area contributed by atoms with Crippen LogP contribution in [0.1, 0.15) is 13.8 Å². The van der Waals surface area contributed by atoms with Gasteiger partial charge in [-0.15, -0.1) is 0 Å². The third-order valence-corrected chi connectivity index (χ3v) is 3.52. The first-order chi connectivity index (χ1) is 9.63. The maximum Gasteiger partial charge on any atom is 0.0618 e. The molecule has 3 N–H and O–H groups in total. The summed E-state index contributed by atoms with van der Waals surface area (Å²) in [5.41, 5.74) is 9.68. The molecule has 0 aliphatic heterocycles. The zero-order chi connectivity index (χ0) is 14.5. The van der Waals surface area contributed by atoms with Gasteiger partial charge < -0.3 is 16.0 Å². The molecule has 0 atom stereocenters. The molecular formula is C16H20ClN3. The third kappa shape index (κ3) is 3.36. The summed E-state index contributed by atoms with van der Waals surface area (Å²) in [5, 5.41) is 3.94. The van der Waals surface area contributed by atoms with Gasteiger partial charge in [0, 0.05) is 29.5 Å². The molecule has 4 heteroatoms. The summed E-state index contributed by atoms with van der Waals surface area (Å²) in [6, 6.07) is 13.8. The van der Waals surface area contributed by atoms with E-state index in [4.69, 9.17) is 17.3 Å². The summed E-state index contributed by atoms with van der Waals surface area (Å²) >= 11 is 5.89. The quantitative estimate of drug-likeness (QED) is 0.796. The van der Waals surface area contributed by atoms with Gasteiger partial charge in [0.05, 0.1) is 11.4 Å². The van der Waals surface area contributed by atoms with E-state index in [0.29, 0.717) is 10.7 Å². The van der Waals surface area contributed by atoms with Crippen LogP contribution in [-0.4, -0.2) is 13.1 Å². The predicted octanol–water partition coefficient (Wildman–Crippen LogP) is 4.51. The fourth-order valence-electron chi connectivity index (χ4n) is 2.15. The average Bonchev–Trinajstić information content (AvgIpc) is 2.45. The van der Waals surface area contributed by atoms with Crippen molar-refractivity contribution in [3.05, 3.63) is 47.5 Å². The molecule has 0 aliphatic rings. The largest absolute Gasteiger partial charge is 0.397 e. The highest BCUT2D eigenvalue weighted by molar-refractivity contribution is 6.31. The first-order valence-electron chi connectivity index (χ1n) is 6.81. The second-order valence-corrected chi connectivity index (χ2v) is 5.01. The van der Waals surface area contributed by atoms with Gasteiger partial charge in [-0.2, -0.15) is 0 Å². The van der Waals surface area contributed by atoms with Crippen LogP contribution in [0.25, 0.3) is 0 Å². The number of hydrogen-bond donors (Lipinski definition) is 2. The Bertz CT molecular complexity index is 562. The first kappa shape index (κ1) is 14.5. The molecule has 3 nitrogen and oxygen atoms in total. The fourth-order valence-corrected chi connectivity index (χ4v) is 2.33. The van der Waals surface area contributed by atoms with Crippen LogP contribution in [0.15, 0.2) is 42.5 Å². The maximum atomic E-state index is 5.94. The Balaban J connectivity index is 2.14. The molecule has 0 fully saturated rings. The molecule has 0 amide bonds. The van der Waals surface area contributed by atoms with Gasteiger partial charge in [0.2, 0.25) is 0 Å². The highest BCUT2D eigenvalue weighted by Gasteiger charge is 2.03. The Hall–Kier alpha value is -1.87. The monoisotopic (exact) mass is 289 g/mol. The van der Waals surface area contributed by atoms with Crippen molar-refractivity contribution in [1.82, 2.24) is 0 Å². The van der Waals surface area contributed by atoms with Crippen molar-refractivity contribution >= 4 is 34.4 Å². The molecule has 0 saturated heterocycles. The van der Waals surface area contributed by atoms with Gasteiger partial charge in [0.25, 0.3) is 0 Å². The smallest absolute Gasteiger partial charge is 0.0618 e. The van der Waals surface area contributed by atoms with Crippen LogP contribution in [0.2, 0.25) is 5.02 Å². The molecule has 0 bridgehead atoms.